The molecule has 24 heavy (non-hydrogen) atoms. The number of nitro groups is 1. The molecule has 7 nitrogen and oxygen atoms in total. The van der Waals surface area contributed by atoms with E-state index in [4.69, 9.17) is 0 Å². The maximum atomic E-state index is 12.0. The van der Waals surface area contributed by atoms with E-state index in [1.54, 1.807) is 18.5 Å². The number of amides is 1. The summed E-state index contributed by atoms with van der Waals surface area (Å²) in [5.74, 6) is -0.0866. The van der Waals surface area contributed by atoms with Crippen molar-refractivity contribution in [3.8, 4) is 0 Å². The van der Waals surface area contributed by atoms with E-state index in [0.717, 1.165) is 15.7 Å². The van der Waals surface area contributed by atoms with E-state index in [2.05, 4.69) is 26.3 Å². The first-order valence-corrected chi connectivity index (χ1v) is 8.33. The third-order valence-corrected chi connectivity index (χ3v) is 4.26. The number of hydrogen-bond donors (Lipinski definition) is 1. The zero-order valence-electron chi connectivity index (χ0n) is 13.8. The van der Waals surface area contributed by atoms with Crippen LogP contribution in [0.2, 0.25) is 0 Å². The lowest BCUT2D eigenvalue weighted by molar-refractivity contribution is -0.386. The van der Waals surface area contributed by atoms with Crippen LogP contribution in [-0.2, 0) is 11.3 Å². The molecule has 0 aliphatic carbocycles. The van der Waals surface area contributed by atoms with Crippen molar-refractivity contribution >= 4 is 33.2 Å². The quantitative estimate of drug-likeness (QED) is 0.593. The van der Waals surface area contributed by atoms with Gasteiger partial charge in [0.1, 0.15) is 11.4 Å². The standard InChI is InChI=1S/C16H19BrN4O3/c1-10-9-13(17)6-7-14(10)18-15(22)5-4-8-20-12(3)16(21(23)24)11(2)19-20/h6-7,9H,4-5,8H2,1-3H3,(H,18,22). The molecule has 0 bridgehead atoms. The van der Waals surface area contributed by atoms with Crippen LogP contribution in [0.3, 0.4) is 0 Å². The molecule has 1 heterocycles. The van der Waals surface area contributed by atoms with Crippen molar-refractivity contribution in [3.05, 3.63) is 49.7 Å². The minimum atomic E-state index is -0.419. The molecule has 128 valence electrons. The first-order chi connectivity index (χ1) is 11.3. The molecule has 0 spiro atoms. The molecule has 0 saturated heterocycles. The minimum Gasteiger partial charge on any atom is -0.326 e. The summed E-state index contributed by atoms with van der Waals surface area (Å²) in [5.41, 5.74) is 2.72. The number of rotatable bonds is 6. The van der Waals surface area contributed by atoms with Gasteiger partial charge in [0.15, 0.2) is 0 Å². The van der Waals surface area contributed by atoms with Gasteiger partial charge in [0.25, 0.3) is 0 Å². The summed E-state index contributed by atoms with van der Waals surface area (Å²) in [5, 5.41) is 18.0. The Morgan fingerprint density at radius 3 is 2.67 bits per heavy atom. The maximum Gasteiger partial charge on any atom is 0.312 e. The predicted molar refractivity (Wildman–Crippen MR) is 95.1 cm³/mol. The van der Waals surface area contributed by atoms with Gasteiger partial charge in [0.2, 0.25) is 5.91 Å². The molecule has 2 rings (SSSR count). The Labute approximate surface area is 148 Å². The average molecular weight is 395 g/mol. The van der Waals surface area contributed by atoms with E-state index in [1.807, 2.05) is 25.1 Å². The number of hydrogen-bond acceptors (Lipinski definition) is 4. The van der Waals surface area contributed by atoms with Crippen LogP contribution >= 0.6 is 15.9 Å². The summed E-state index contributed by atoms with van der Waals surface area (Å²) in [4.78, 5) is 22.6. The van der Waals surface area contributed by atoms with Gasteiger partial charge in [-0.3, -0.25) is 19.6 Å². The van der Waals surface area contributed by atoms with Crippen LogP contribution in [0.1, 0.15) is 29.8 Å². The van der Waals surface area contributed by atoms with Crippen molar-refractivity contribution in [2.45, 2.75) is 40.2 Å². The molecule has 1 aromatic heterocycles. The summed E-state index contributed by atoms with van der Waals surface area (Å²) in [6.07, 6.45) is 0.877. The van der Waals surface area contributed by atoms with E-state index in [1.165, 1.54) is 0 Å². The highest BCUT2D eigenvalue weighted by atomic mass is 79.9. The molecule has 1 amide bonds. The predicted octanol–water partition coefficient (Wildman–Crippen LogP) is 3.90. The number of aromatic nitrogens is 2. The minimum absolute atomic E-state index is 0.0462. The van der Waals surface area contributed by atoms with Gasteiger partial charge in [0, 0.05) is 23.1 Å². The Bertz CT molecular complexity index is 786. The van der Waals surface area contributed by atoms with Crippen molar-refractivity contribution in [1.82, 2.24) is 9.78 Å². The topological polar surface area (TPSA) is 90.1 Å². The Hall–Kier alpha value is -2.22. The zero-order chi connectivity index (χ0) is 17.9. The molecule has 0 saturated carbocycles. The number of anilines is 1. The summed E-state index contributed by atoms with van der Waals surface area (Å²) < 4.78 is 2.55. The fraction of sp³-hybridized carbons (Fsp3) is 0.375. The van der Waals surface area contributed by atoms with Crippen LogP contribution in [-0.4, -0.2) is 20.6 Å². The second-order valence-corrected chi connectivity index (χ2v) is 6.53. The Morgan fingerprint density at radius 1 is 1.38 bits per heavy atom. The molecule has 2 aromatic rings. The summed E-state index contributed by atoms with van der Waals surface area (Å²) in [7, 11) is 0. The van der Waals surface area contributed by atoms with Gasteiger partial charge in [0.05, 0.1) is 4.92 Å². The number of aryl methyl sites for hydroxylation is 3. The van der Waals surface area contributed by atoms with Gasteiger partial charge in [-0.1, -0.05) is 15.9 Å². The molecule has 8 heteroatoms. The number of carbonyl (C=O) groups excluding carboxylic acids is 1. The molecule has 1 N–H and O–H groups in total. The number of carbonyl (C=O) groups is 1. The van der Waals surface area contributed by atoms with Crippen molar-refractivity contribution in [2.24, 2.45) is 0 Å². The SMILES string of the molecule is Cc1cc(Br)ccc1NC(=O)CCCn1nc(C)c([N+](=O)[O-])c1C. The zero-order valence-corrected chi connectivity index (χ0v) is 15.4. The number of nitrogens with one attached hydrogen (secondary N) is 1. The van der Waals surface area contributed by atoms with Crippen LogP contribution in [0, 0.1) is 30.9 Å². The molecule has 0 aliphatic rings. The van der Waals surface area contributed by atoms with E-state index in [0.29, 0.717) is 30.8 Å². The van der Waals surface area contributed by atoms with Gasteiger partial charge in [-0.2, -0.15) is 5.10 Å². The lowest BCUT2D eigenvalue weighted by Gasteiger charge is -2.09. The van der Waals surface area contributed by atoms with Crippen LogP contribution < -0.4 is 5.32 Å². The largest absolute Gasteiger partial charge is 0.326 e. The van der Waals surface area contributed by atoms with Crippen molar-refractivity contribution in [2.75, 3.05) is 5.32 Å². The second kappa shape index (κ2) is 7.57. The van der Waals surface area contributed by atoms with Gasteiger partial charge < -0.3 is 5.32 Å². The highest BCUT2D eigenvalue weighted by Gasteiger charge is 2.21. The molecule has 0 unspecified atom stereocenters. The van der Waals surface area contributed by atoms with Crippen LogP contribution in [0.5, 0.6) is 0 Å². The molecular weight excluding hydrogens is 376 g/mol. The maximum absolute atomic E-state index is 12.0. The van der Waals surface area contributed by atoms with Crippen molar-refractivity contribution in [3.63, 3.8) is 0 Å². The summed E-state index contributed by atoms with van der Waals surface area (Å²) in [6.45, 7) is 5.68. The molecule has 0 atom stereocenters. The Morgan fingerprint density at radius 2 is 2.08 bits per heavy atom. The summed E-state index contributed by atoms with van der Waals surface area (Å²) >= 11 is 3.38. The molecular formula is C16H19BrN4O3. The third-order valence-electron chi connectivity index (χ3n) is 3.76. The molecule has 0 radical (unpaired) electrons. The van der Waals surface area contributed by atoms with Gasteiger partial charge in [-0.15, -0.1) is 0 Å². The fourth-order valence-electron chi connectivity index (χ4n) is 2.54. The van der Waals surface area contributed by atoms with Crippen LogP contribution in [0.25, 0.3) is 0 Å². The van der Waals surface area contributed by atoms with Gasteiger partial charge in [-0.25, -0.2) is 0 Å². The fourth-order valence-corrected chi connectivity index (χ4v) is 3.01. The van der Waals surface area contributed by atoms with E-state index < -0.39 is 4.92 Å². The normalized spacial score (nSPS) is 10.7. The van der Waals surface area contributed by atoms with Crippen molar-refractivity contribution < 1.29 is 9.72 Å². The smallest absolute Gasteiger partial charge is 0.312 e. The van der Waals surface area contributed by atoms with E-state index in [9.17, 15) is 14.9 Å². The lowest BCUT2D eigenvalue weighted by Crippen LogP contribution is -2.14. The van der Waals surface area contributed by atoms with Crippen molar-refractivity contribution in [1.29, 1.82) is 0 Å². The Kier molecular flexibility index (Phi) is 5.71. The number of halogens is 1. The summed E-state index contributed by atoms with van der Waals surface area (Å²) in [6, 6.07) is 5.66. The highest BCUT2D eigenvalue weighted by Crippen LogP contribution is 2.22. The molecule has 0 fully saturated rings. The number of benzene rings is 1. The lowest BCUT2D eigenvalue weighted by atomic mass is 10.2. The molecule has 0 aliphatic heterocycles. The monoisotopic (exact) mass is 394 g/mol. The van der Waals surface area contributed by atoms with Gasteiger partial charge >= 0.3 is 5.69 Å². The van der Waals surface area contributed by atoms with Crippen LogP contribution in [0.4, 0.5) is 11.4 Å². The Balaban J connectivity index is 1.91. The first kappa shape index (κ1) is 18.1. The van der Waals surface area contributed by atoms with E-state index in [-0.39, 0.29) is 11.6 Å². The first-order valence-electron chi connectivity index (χ1n) is 7.54. The third kappa shape index (κ3) is 4.19. The van der Waals surface area contributed by atoms with Gasteiger partial charge in [-0.05, 0) is 51.0 Å². The average Bonchev–Trinajstić information content (AvgIpc) is 2.76. The second-order valence-electron chi connectivity index (χ2n) is 5.61. The molecule has 1 aromatic carbocycles. The highest BCUT2D eigenvalue weighted by molar-refractivity contribution is 9.10. The number of nitrogens with zero attached hydrogens (tertiary/aromatic N) is 3. The van der Waals surface area contributed by atoms with E-state index >= 15 is 0 Å². The van der Waals surface area contributed by atoms with Crippen LogP contribution in [0.15, 0.2) is 22.7 Å².